The van der Waals surface area contributed by atoms with Crippen LogP contribution in [0, 0.1) is 0 Å². The van der Waals surface area contributed by atoms with Gasteiger partial charge < -0.3 is 5.11 Å². The van der Waals surface area contributed by atoms with E-state index in [4.69, 9.17) is 5.11 Å². The van der Waals surface area contributed by atoms with Crippen molar-refractivity contribution < 1.29 is 9.90 Å². The van der Waals surface area contributed by atoms with Crippen LogP contribution in [0.5, 0.6) is 0 Å². The maximum Gasteiger partial charge on any atom is 0.320 e. The van der Waals surface area contributed by atoms with E-state index in [0.29, 0.717) is 6.54 Å². The molecule has 0 saturated heterocycles. The Bertz CT molecular complexity index is 371. The van der Waals surface area contributed by atoms with Crippen molar-refractivity contribution >= 4 is 37.8 Å². The number of nitrogens with one attached hydrogen (secondary N) is 1. The Kier molecular flexibility index (Phi) is 4.69. The van der Waals surface area contributed by atoms with Gasteiger partial charge in [0.2, 0.25) is 0 Å². The Morgan fingerprint density at radius 3 is 2.87 bits per heavy atom. The van der Waals surface area contributed by atoms with Crippen molar-refractivity contribution in [2.24, 2.45) is 0 Å². The van der Waals surface area contributed by atoms with Crippen LogP contribution in [0.2, 0.25) is 0 Å². The van der Waals surface area contributed by atoms with Crippen molar-refractivity contribution in [3.05, 3.63) is 26.9 Å². The number of carbonyl (C=O) groups is 1. The molecule has 0 aliphatic heterocycles. The van der Waals surface area contributed by atoms with Gasteiger partial charge in [-0.1, -0.05) is 0 Å². The SMILES string of the molecule is CC(NCc1ncc(Br)cc1Br)C(=O)O. The van der Waals surface area contributed by atoms with Crippen LogP contribution in [-0.4, -0.2) is 22.1 Å². The van der Waals surface area contributed by atoms with Gasteiger partial charge in [0, 0.05) is 21.7 Å². The first-order valence-electron chi connectivity index (χ1n) is 4.27. The van der Waals surface area contributed by atoms with Crippen molar-refractivity contribution in [2.45, 2.75) is 19.5 Å². The molecule has 6 heteroatoms. The summed E-state index contributed by atoms with van der Waals surface area (Å²) in [5.41, 5.74) is 0.784. The molecule has 0 amide bonds. The first kappa shape index (κ1) is 12.6. The number of pyridine rings is 1. The number of rotatable bonds is 4. The Labute approximate surface area is 104 Å². The molecule has 4 nitrogen and oxygen atoms in total. The largest absolute Gasteiger partial charge is 0.480 e. The summed E-state index contributed by atoms with van der Waals surface area (Å²) in [6.07, 6.45) is 1.67. The van der Waals surface area contributed by atoms with E-state index in [0.717, 1.165) is 14.6 Å². The molecule has 1 unspecified atom stereocenters. The lowest BCUT2D eigenvalue weighted by atomic mass is 10.3. The van der Waals surface area contributed by atoms with Crippen LogP contribution in [0.1, 0.15) is 12.6 Å². The van der Waals surface area contributed by atoms with Gasteiger partial charge in [0.25, 0.3) is 0 Å². The number of halogens is 2. The third-order valence-electron chi connectivity index (χ3n) is 1.83. The van der Waals surface area contributed by atoms with Gasteiger partial charge in [-0.3, -0.25) is 15.1 Å². The first-order chi connectivity index (χ1) is 7.00. The van der Waals surface area contributed by atoms with E-state index in [9.17, 15) is 4.79 Å². The monoisotopic (exact) mass is 336 g/mol. The maximum absolute atomic E-state index is 10.6. The minimum absolute atomic E-state index is 0.418. The molecule has 0 aromatic carbocycles. The number of hydrogen-bond donors (Lipinski definition) is 2. The molecular formula is C9H10Br2N2O2. The number of carboxylic acid groups (broad SMARTS) is 1. The molecule has 0 radical (unpaired) electrons. The fraction of sp³-hybridized carbons (Fsp3) is 0.333. The molecule has 0 spiro atoms. The van der Waals surface area contributed by atoms with E-state index >= 15 is 0 Å². The second-order valence-electron chi connectivity index (χ2n) is 3.02. The summed E-state index contributed by atoms with van der Waals surface area (Å²) in [6.45, 7) is 2.01. The molecule has 1 rings (SSSR count). The Hall–Kier alpha value is -0.460. The van der Waals surface area contributed by atoms with E-state index < -0.39 is 12.0 Å². The Balaban J connectivity index is 2.62. The van der Waals surface area contributed by atoms with Crippen LogP contribution in [0.25, 0.3) is 0 Å². The number of hydrogen-bond acceptors (Lipinski definition) is 3. The summed E-state index contributed by atoms with van der Waals surface area (Å²) in [4.78, 5) is 14.7. The number of aromatic nitrogens is 1. The average molecular weight is 338 g/mol. The van der Waals surface area contributed by atoms with E-state index in [2.05, 4.69) is 42.2 Å². The highest BCUT2D eigenvalue weighted by Crippen LogP contribution is 2.19. The standard InChI is InChI=1S/C9H10Br2N2O2/c1-5(9(14)15)12-4-8-7(11)2-6(10)3-13-8/h2-3,5,12H,4H2,1H3,(H,14,15). The van der Waals surface area contributed by atoms with Crippen LogP contribution in [-0.2, 0) is 11.3 Å². The highest BCUT2D eigenvalue weighted by molar-refractivity contribution is 9.11. The van der Waals surface area contributed by atoms with E-state index in [1.165, 1.54) is 0 Å². The topological polar surface area (TPSA) is 62.2 Å². The molecule has 1 heterocycles. The molecule has 0 saturated carbocycles. The van der Waals surface area contributed by atoms with Gasteiger partial charge in [-0.05, 0) is 44.8 Å². The van der Waals surface area contributed by atoms with Crippen LogP contribution >= 0.6 is 31.9 Å². The molecule has 0 aliphatic carbocycles. The maximum atomic E-state index is 10.6. The van der Waals surface area contributed by atoms with Gasteiger partial charge in [-0.2, -0.15) is 0 Å². The predicted molar refractivity (Wildman–Crippen MR) is 63.6 cm³/mol. The van der Waals surface area contributed by atoms with Crippen molar-refractivity contribution in [1.82, 2.24) is 10.3 Å². The lowest BCUT2D eigenvalue weighted by Crippen LogP contribution is -2.33. The van der Waals surface area contributed by atoms with Gasteiger partial charge in [0.15, 0.2) is 0 Å². The molecule has 82 valence electrons. The quantitative estimate of drug-likeness (QED) is 0.883. The zero-order chi connectivity index (χ0) is 11.4. The lowest BCUT2D eigenvalue weighted by molar-refractivity contribution is -0.139. The summed E-state index contributed by atoms with van der Waals surface area (Å²) in [5.74, 6) is -0.872. The predicted octanol–water partition coefficient (Wildman–Crippen LogP) is 2.17. The van der Waals surface area contributed by atoms with Crippen LogP contribution in [0.15, 0.2) is 21.2 Å². The van der Waals surface area contributed by atoms with E-state index in [1.807, 2.05) is 6.07 Å². The van der Waals surface area contributed by atoms with Crippen molar-refractivity contribution in [3.63, 3.8) is 0 Å². The lowest BCUT2D eigenvalue weighted by Gasteiger charge is -2.09. The molecule has 0 aliphatic rings. The molecule has 0 bridgehead atoms. The summed E-state index contributed by atoms with van der Waals surface area (Å²) in [6, 6.07) is 1.29. The van der Waals surface area contributed by atoms with Crippen molar-refractivity contribution in [3.8, 4) is 0 Å². The third-order valence-corrected chi connectivity index (χ3v) is 2.95. The van der Waals surface area contributed by atoms with Gasteiger partial charge in [-0.25, -0.2) is 0 Å². The summed E-state index contributed by atoms with van der Waals surface area (Å²) < 4.78 is 1.73. The third kappa shape index (κ3) is 3.89. The first-order valence-corrected chi connectivity index (χ1v) is 5.85. The normalized spacial score (nSPS) is 12.5. The summed E-state index contributed by atoms with van der Waals surface area (Å²) >= 11 is 6.65. The second kappa shape index (κ2) is 5.58. The highest BCUT2D eigenvalue weighted by Gasteiger charge is 2.10. The summed E-state index contributed by atoms with van der Waals surface area (Å²) in [7, 11) is 0. The van der Waals surface area contributed by atoms with Gasteiger partial charge >= 0.3 is 5.97 Å². The smallest absolute Gasteiger partial charge is 0.320 e. The fourth-order valence-electron chi connectivity index (χ4n) is 0.910. The molecule has 0 fully saturated rings. The molecule has 2 N–H and O–H groups in total. The fourth-order valence-corrected chi connectivity index (χ4v) is 2.04. The zero-order valence-electron chi connectivity index (χ0n) is 8.00. The molecule has 15 heavy (non-hydrogen) atoms. The minimum atomic E-state index is -0.872. The number of carboxylic acids is 1. The van der Waals surface area contributed by atoms with Crippen molar-refractivity contribution in [2.75, 3.05) is 0 Å². The van der Waals surface area contributed by atoms with Gasteiger partial charge in [0.1, 0.15) is 6.04 Å². The van der Waals surface area contributed by atoms with E-state index in [-0.39, 0.29) is 0 Å². The van der Waals surface area contributed by atoms with Crippen LogP contribution in [0.4, 0.5) is 0 Å². The van der Waals surface area contributed by atoms with Crippen LogP contribution < -0.4 is 5.32 Å². The van der Waals surface area contributed by atoms with Crippen molar-refractivity contribution in [1.29, 1.82) is 0 Å². The number of nitrogens with zero attached hydrogens (tertiary/aromatic N) is 1. The zero-order valence-corrected chi connectivity index (χ0v) is 11.2. The second-order valence-corrected chi connectivity index (χ2v) is 4.79. The Morgan fingerprint density at radius 1 is 1.67 bits per heavy atom. The average Bonchev–Trinajstić information content (AvgIpc) is 2.15. The Morgan fingerprint density at radius 2 is 2.33 bits per heavy atom. The number of aliphatic carboxylic acids is 1. The van der Waals surface area contributed by atoms with Crippen LogP contribution in [0.3, 0.4) is 0 Å². The van der Waals surface area contributed by atoms with E-state index in [1.54, 1.807) is 13.1 Å². The minimum Gasteiger partial charge on any atom is -0.480 e. The molecule has 1 aromatic heterocycles. The summed E-state index contributed by atoms with van der Waals surface area (Å²) in [5, 5.41) is 11.5. The highest BCUT2D eigenvalue weighted by atomic mass is 79.9. The molecular weight excluding hydrogens is 328 g/mol. The molecule has 1 aromatic rings. The molecule has 1 atom stereocenters. The van der Waals surface area contributed by atoms with Gasteiger partial charge in [0.05, 0.1) is 5.69 Å². The van der Waals surface area contributed by atoms with Gasteiger partial charge in [-0.15, -0.1) is 0 Å².